The summed E-state index contributed by atoms with van der Waals surface area (Å²) in [5, 5.41) is 3.52. The second-order valence-electron chi connectivity index (χ2n) is 5.90. The Balaban J connectivity index is 2.11. The quantitative estimate of drug-likeness (QED) is 0.685. The molecule has 0 spiro atoms. The molecule has 1 aliphatic rings. The van der Waals surface area contributed by atoms with E-state index in [4.69, 9.17) is 0 Å². The molecule has 0 aliphatic carbocycles. The van der Waals surface area contributed by atoms with Crippen LogP contribution in [-0.4, -0.2) is 36.5 Å². The van der Waals surface area contributed by atoms with Crippen molar-refractivity contribution >= 4 is 5.91 Å². The van der Waals surface area contributed by atoms with Gasteiger partial charge in [0.15, 0.2) is 0 Å². The van der Waals surface area contributed by atoms with Gasteiger partial charge in [-0.05, 0) is 45.6 Å². The highest BCUT2D eigenvalue weighted by atomic mass is 16.2. The number of likely N-dealkylation sites (tertiary alicyclic amines) is 1. The number of amides is 1. The zero-order chi connectivity index (χ0) is 13.9. The minimum absolute atomic E-state index is 0.386. The summed E-state index contributed by atoms with van der Waals surface area (Å²) < 4.78 is 0. The summed E-state index contributed by atoms with van der Waals surface area (Å²) in [6, 6.07) is 0.614. The van der Waals surface area contributed by atoms with E-state index in [1.807, 2.05) is 0 Å². The normalized spacial score (nSPS) is 19.1. The Bertz CT molecular complexity index is 243. The maximum atomic E-state index is 12.0. The molecule has 1 heterocycles. The zero-order valence-corrected chi connectivity index (χ0v) is 12.9. The van der Waals surface area contributed by atoms with Crippen LogP contribution in [0.25, 0.3) is 0 Å². The van der Waals surface area contributed by atoms with Crippen LogP contribution in [0.2, 0.25) is 0 Å². The fraction of sp³-hybridized carbons (Fsp3) is 0.938. The molecule has 0 bridgehead atoms. The van der Waals surface area contributed by atoms with E-state index in [-0.39, 0.29) is 0 Å². The molecule has 3 nitrogen and oxygen atoms in total. The van der Waals surface area contributed by atoms with Gasteiger partial charge in [0, 0.05) is 25.6 Å². The van der Waals surface area contributed by atoms with Crippen LogP contribution >= 0.6 is 0 Å². The molecule has 3 heteroatoms. The van der Waals surface area contributed by atoms with Gasteiger partial charge in [-0.3, -0.25) is 4.79 Å². The van der Waals surface area contributed by atoms with Gasteiger partial charge in [-0.2, -0.15) is 0 Å². The number of unbranched alkanes of at least 4 members (excludes halogenated alkanes) is 1. The Kier molecular flexibility index (Phi) is 8.89. The Morgan fingerprint density at radius 1 is 1.21 bits per heavy atom. The summed E-state index contributed by atoms with van der Waals surface area (Å²) in [6.45, 7) is 7.54. The minimum atomic E-state index is 0.386. The molecule has 1 saturated heterocycles. The molecule has 1 atom stereocenters. The number of rotatable bonds is 8. The molecule has 0 aromatic heterocycles. The number of hydrogen-bond donors (Lipinski definition) is 1. The fourth-order valence-corrected chi connectivity index (χ4v) is 2.70. The lowest BCUT2D eigenvalue weighted by Crippen LogP contribution is -2.34. The van der Waals surface area contributed by atoms with Gasteiger partial charge < -0.3 is 10.2 Å². The van der Waals surface area contributed by atoms with E-state index < -0.39 is 0 Å². The summed E-state index contributed by atoms with van der Waals surface area (Å²) >= 11 is 0. The molecule has 1 fully saturated rings. The van der Waals surface area contributed by atoms with Gasteiger partial charge in [-0.25, -0.2) is 0 Å². The van der Waals surface area contributed by atoms with Crippen LogP contribution in [0.4, 0.5) is 0 Å². The lowest BCUT2D eigenvalue weighted by molar-refractivity contribution is -0.131. The Labute approximate surface area is 119 Å². The standard InChI is InChI=1S/C16H32N2O/c1-3-12-17-15(2)10-7-9-14-18-13-8-5-4-6-11-16(18)19/h15,17H,3-14H2,1-2H3. The molecule has 0 aromatic rings. The third kappa shape index (κ3) is 7.56. The van der Waals surface area contributed by atoms with Gasteiger partial charge in [0.2, 0.25) is 5.91 Å². The monoisotopic (exact) mass is 268 g/mol. The summed E-state index contributed by atoms with van der Waals surface area (Å²) in [6.07, 6.45) is 10.4. The first-order valence-corrected chi connectivity index (χ1v) is 8.25. The van der Waals surface area contributed by atoms with Gasteiger partial charge >= 0.3 is 0 Å². The zero-order valence-electron chi connectivity index (χ0n) is 12.9. The Morgan fingerprint density at radius 2 is 2.00 bits per heavy atom. The lowest BCUT2D eigenvalue weighted by Gasteiger charge is -2.25. The molecule has 0 aromatic carbocycles. The molecule has 0 saturated carbocycles. The van der Waals surface area contributed by atoms with Gasteiger partial charge in [0.25, 0.3) is 0 Å². The SMILES string of the molecule is CCCNC(C)CCCCN1CCCCCCC1=O. The van der Waals surface area contributed by atoms with Gasteiger partial charge in [-0.15, -0.1) is 0 Å². The highest BCUT2D eigenvalue weighted by Gasteiger charge is 2.14. The van der Waals surface area contributed by atoms with Crippen molar-refractivity contribution in [2.45, 2.75) is 77.7 Å². The van der Waals surface area contributed by atoms with E-state index in [1.54, 1.807) is 0 Å². The van der Waals surface area contributed by atoms with Crippen molar-refractivity contribution in [1.82, 2.24) is 10.2 Å². The largest absolute Gasteiger partial charge is 0.343 e. The average molecular weight is 268 g/mol. The highest BCUT2D eigenvalue weighted by molar-refractivity contribution is 5.76. The molecule has 19 heavy (non-hydrogen) atoms. The molecule has 1 amide bonds. The number of carbonyl (C=O) groups is 1. The third-order valence-electron chi connectivity index (χ3n) is 3.98. The topological polar surface area (TPSA) is 32.3 Å². The molecule has 0 radical (unpaired) electrons. The van der Waals surface area contributed by atoms with E-state index >= 15 is 0 Å². The first-order valence-electron chi connectivity index (χ1n) is 8.25. The van der Waals surface area contributed by atoms with E-state index in [0.717, 1.165) is 38.9 Å². The second-order valence-corrected chi connectivity index (χ2v) is 5.90. The van der Waals surface area contributed by atoms with E-state index in [2.05, 4.69) is 24.1 Å². The summed E-state index contributed by atoms with van der Waals surface area (Å²) in [4.78, 5) is 14.1. The summed E-state index contributed by atoms with van der Waals surface area (Å²) in [5.74, 6) is 0.386. The van der Waals surface area contributed by atoms with Crippen molar-refractivity contribution in [3.63, 3.8) is 0 Å². The number of carbonyl (C=O) groups excluding carboxylic acids is 1. The highest BCUT2D eigenvalue weighted by Crippen LogP contribution is 2.13. The fourth-order valence-electron chi connectivity index (χ4n) is 2.70. The maximum absolute atomic E-state index is 12.0. The minimum Gasteiger partial charge on any atom is -0.343 e. The van der Waals surface area contributed by atoms with E-state index in [9.17, 15) is 4.79 Å². The van der Waals surface area contributed by atoms with Gasteiger partial charge in [-0.1, -0.05) is 26.2 Å². The van der Waals surface area contributed by atoms with E-state index in [1.165, 1.54) is 38.5 Å². The predicted molar refractivity (Wildman–Crippen MR) is 81.3 cm³/mol. The number of hydrogen-bond acceptors (Lipinski definition) is 2. The Morgan fingerprint density at radius 3 is 2.79 bits per heavy atom. The van der Waals surface area contributed by atoms with Crippen molar-refractivity contribution in [2.24, 2.45) is 0 Å². The molecular formula is C16H32N2O. The molecule has 1 N–H and O–H groups in total. The van der Waals surface area contributed by atoms with Crippen LogP contribution in [0.3, 0.4) is 0 Å². The molecular weight excluding hydrogens is 236 g/mol. The first kappa shape index (κ1) is 16.5. The van der Waals surface area contributed by atoms with Gasteiger partial charge in [0.1, 0.15) is 0 Å². The first-order chi connectivity index (χ1) is 9.24. The molecule has 112 valence electrons. The van der Waals surface area contributed by atoms with Crippen LogP contribution < -0.4 is 5.32 Å². The average Bonchev–Trinajstić information content (AvgIpc) is 2.39. The number of nitrogens with zero attached hydrogens (tertiary/aromatic N) is 1. The molecule has 1 unspecified atom stereocenters. The Hall–Kier alpha value is -0.570. The maximum Gasteiger partial charge on any atom is 0.222 e. The molecule has 1 aliphatic heterocycles. The third-order valence-corrected chi connectivity index (χ3v) is 3.98. The predicted octanol–water partition coefficient (Wildman–Crippen LogP) is 3.34. The number of nitrogens with one attached hydrogen (secondary N) is 1. The van der Waals surface area contributed by atoms with Crippen molar-refractivity contribution in [3.05, 3.63) is 0 Å². The lowest BCUT2D eigenvalue weighted by atomic mass is 10.1. The van der Waals surface area contributed by atoms with Crippen molar-refractivity contribution in [3.8, 4) is 0 Å². The van der Waals surface area contributed by atoms with Crippen molar-refractivity contribution in [2.75, 3.05) is 19.6 Å². The summed E-state index contributed by atoms with van der Waals surface area (Å²) in [5.41, 5.74) is 0. The molecule has 1 rings (SSSR count). The van der Waals surface area contributed by atoms with Crippen molar-refractivity contribution < 1.29 is 4.79 Å². The van der Waals surface area contributed by atoms with Crippen LogP contribution in [0.5, 0.6) is 0 Å². The van der Waals surface area contributed by atoms with Crippen LogP contribution in [0, 0.1) is 0 Å². The van der Waals surface area contributed by atoms with Crippen LogP contribution in [-0.2, 0) is 4.79 Å². The van der Waals surface area contributed by atoms with Crippen LogP contribution in [0.1, 0.15) is 71.6 Å². The summed E-state index contributed by atoms with van der Waals surface area (Å²) in [7, 11) is 0. The van der Waals surface area contributed by atoms with Crippen LogP contribution in [0.15, 0.2) is 0 Å². The van der Waals surface area contributed by atoms with Gasteiger partial charge in [0.05, 0.1) is 0 Å². The smallest absolute Gasteiger partial charge is 0.222 e. The van der Waals surface area contributed by atoms with Crippen molar-refractivity contribution in [1.29, 1.82) is 0 Å². The second kappa shape index (κ2) is 10.2. The van der Waals surface area contributed by atoms with E-state index in [0.29, 0.717) is 11.9 Å².